The first-order chi connectivity index (χ1) is 24.1. The molecule has 1 spiro atoms. The highest BCUT2D eigenvalue weighted by Gasteiger charge is 2.59. The standard InChI is InChI=1S/C39H47N5O6/c1-4-50-34(45)25-32(29-14-8-5-9-15-29)42-35(46)33(24-27(2)3)44-36(47)39(22-12-7-13-23-39)43(38(44)49)26-28-18-20-31(21-19-28)41-37(48)40-30-16-10-6-11-17-30/h5-6,8-11,14-21,27,32-33H,4,7,12-13,22-26H2,1-3H3,(H,42,46)(H2,40,41,48)/t32-,33-/m0/s1. The summed E-state index contributed by atoms with van der Waals surface area (Å²) in [6.07, 6.45) is 3.75. The molecule has 0 bridgehead atoms. The van der Waals surface area contributed by atoms with E-state index in [0.717, 1.165) is 30.4 Å². The number of para-hydroxylation sites is 1. The van der Waals surface area contributed by atoms with Crippen molar-refractivity contribution in [2.75, 3.05) is 17.2 Å². The molecule has 2 fully saturated rings. The maximum atomic E-state index is 14.5. The quantitative estimate of drug-likeness (QED) is 0.131. The lowest BCUT2D eigenvalue weighted by Crippen LogP contribution is -2.53. The molecule has 2 aliphatic rings. The number of urea groups is 2. The third-order valence-corrected chi connectivity index (χ3v) is 9.34. The van der Waals surface area contributed by atoms with E-state index in [0.29, 0.717) is 24.2 Å². The Labute approximate surface area is 293 Å². The van der Waals surface area contributed by atoms with E-state index in [9.17, 15) is 24.0 Å². The minimum absolute atomic E-state index is 0.0120. The lowest BCUT2D eigenvalue weighted by atomic mass is 9.80. The number of rotatable bonds is 13. The number of carbonyl (C=O) groups excluding carboxylic acids is 5. The summed E-state index contributed by atoms with van der Waals surface area (Å²) in [7, 11) is 0. The Hall–Kier alpha value is -5.19. The molecule has 11 heteroatoms. The number of amides is 6. The van der Waals surface area contributed by atoms with Gasteiger partial charge in [0.25, 0.3) is 5.91 Å². The molecule has 1 aliphatic carbocycles. The van der Waals surface area contributed by atoms with Gasteiger partial charge in [0.2, 0.25) is 5.91 Å². The van der Waals surface area contributed by atoms with Gasteiger partial charge in [-0.05, 0) is 67.5 Å². The molecule has 3 aromatic carbocycles. The van der Waals surface area contributed by atoms with Crippen LogP contribution in [0.5, 0.6) is 0 Å². The van der Waals surface area contributed by atoms with Gasteiger partial charge >= 0.3 is 18.0 Å². The summed E-state index contributed by atoms with van der Waals surface area (Å²) in [6.45, 7) is 6.00. The van der Waals surface area contributed by atoms with Crippen LogP contribution in [0.2, 0.25) is 0 Å². The maximum Gasteiger partial charge on any atom is 0.328 e. The predicted octanol–water partition coefficient (Wildman–Crippen LogP) is 7.02. The third-order valence-electron chi connectivity index (χ3n) is 9.34. The van der Waals surface area contributed by atoms with E-state index in [1.165, 1.54) is 4.90 Å². The van der Waals surface area contributed by atoms with Crippen molar-refractivity contribution in [3.8, 4) is 0 Å². The highest BCUT2D eigenvalue weighted by atomic mass is 16.5. The summed E-state index contributed by atoms with van der Waals surface area (Å²) in [5.74, 6) is -1.31. The molecule has 2 atom stereocenters. The van der Waals surface area contributed by atoms with Gasteiger partial charge in [0.1, 0.15) is 11.6 Å². The molecule has 5 rings (SSSR count). The lowest BCUT2D eigenvalue weighted by molar-refractivity contribution is -0.145. The fraction of sp³-hybridized carbons (Fsp3) is 0.410. The molecule has 0 radical (unpaired) electrons. The highest BCUT2D eigenvalue weighted by Crippen LogP contribution is 2.43. The molecule has 1 aliphatic heterocycles. The van der Waals surface area contributed by atoms with E-state index in [4.69, 9.17) is 4.74 Å². The van der Waals surface area contributed by atoms with Crippen molar-refractivity contribution < 1.29 is 28.7 Å². The van der Waals surface area contributed by atoms with Gasteiger partial charge in [-0.1, -0.05) is 93.8 Å². The van der Waals surface area contributed by atoms with Crippen LogP contribution in [0.3, 0.4) is 0 Å². The van der Waals surface area contributed by atoms with Gasteiger partial charge in [-0.15, -0.1) is 0 Å². The van der Waals surface area contributed by atoms with Crippen molar-refractivity contribution in [1.29, 1.82) is 0 Å². The van der Waals surface area contributed by atoms with Crippen LogP contribution in [0, 0.1) is 5.92 Å². The molecule has 1 saturated heterocycles. The Morgan fingerprint density at radius 1 is 0.820 bits per heavy atom. The Kier molecular flexibility index (Phi) is 11.9. The first-order valence-electron chi connectivity index (χ1n) is 17.5. The van der Waals surface area contributed by atoms with E-state index in [1.54, 1.807) is 36.1 Å². The van der Waals surface area contributed by atoms with E-state index < -0.39 is 35.5 Å². The Balaban J connectivity index is 1.37. The molecule has 1 heterocycles. The van der Waals surface area contributed by atoms with Gasteiger partial charge in [-0.25, -0.2) is 14.5 Å². The van der Waals surface area contributed by atoms with Gasteiger partial charge in [-0.3, -0.25) is 14.4 Å². The number of ether oxygens (including phenoxy) is 1. The SMILES string of the molecule is CCOC(=O)C[C@H](NC(=O)[C@H](CC(C)C)N1C(=O)N(Cc2ccc(NC(=O)Nc3ccccc3)cc2)C2(CCCCC2)C1=O)c1ccccc1. The highest BCUT2D eigenvalue weighted by molar-refractivity contribution is 6.10. The number of imide groups is 1. The van der Waals surface area contributed by atoms with Crippen LogP contribution < -0.4 is 16.0 Å². The van der Waals surface area contributed by atoms with Crippen LogP contribution >= 0.6 is 0 Å². The van der Waals surface area contributed by atoms with E-state index in [-0.39, 0.29) is 43.8 Å². The zero-order valence-electron chi connectivity index (χ0n) is 29.0. The summed E-state index contributed by atoms with van der Waals surface area (Å²) in [5, 5.41) is 8.60. The van der Waals surface area contributed by atoms with Crippen molar-refractivity contribution in [2.24, 2.45) is 5.92 Å². The third kappa shape index (κ3) is 8.50. The molecule has 3 N–H and O–H groups in total. The van der Waals surface area contributed by atoms with Crippen molar-refractivity contribution in [3.05, 3.63) is 96.1 Å². The average molecular weight is 682 g/mol. The van der Waals surface area contributed by atoms with E-state index >= 15 is 0 Å². The zero-order chi connectivity index (χ0) is 35.7. The molecule has 0 unspecified atom stereocenters. The van der Waals surface area contributed by atoms with Gasteiger partial charge in [0.15, 0.2) is 0 Å². The molecule has 0 aromatic heterocycles. The number of nitrogens with zero attached hydrogens (tertiary/aromatic N) is 2. The normalized spacial score (nSPS) is 16.6. The van der Waals surface area contributed by atoms with Crippen LogP contribution in [0.1, 0.15) is 82.9 Å². The van der Waals surface area contributed by atoms with Crippen LogP contribution in [0.15, 0.2) is 84.9 Å². The smallest absolute Gasteiger partial charge is 0.328 e. The van der Waals surface area contributed by atoms with Crippen LogP contribution in [-0.2, 0) is 25.7 Å². The molecule has 11 nitrogen and oxygen atoms in total. The molecule has 1 saturated carbocycles. The topological polar surface area (TPSA) is 137 Å². The largest absolute Gasteiger partial charge is 0.466 e. The Bertz CT molecular complexity index is 1640. The number of hydrogen-bond acceptors (Lipinski definition) is 6. The second kappa shape index (κ2) is 16.5. The molecule has 6 amide bonds. The number of nitrogens with one attached hydrogen (secondary N) is 3. The van der Waals surface area contributed by atoms with Crippen LogP contribution in [0.4, 0.5) is 21.0 Å². The monoisotopic (exact) mass is 681 g/mol. The molecule has 50 heavy (non-hydrogen) atoms. The van der Waals surface area contributed by atoms with Gasteiger partial charge < -0.3 is 25.6 Å². The molecular formula is C39H47N5O6. The zero-order valence-corrected chi connectivity index (χ0v) is 29.0. The minimum Gasteiger partial charge on any atom is -0.466 e. The summed E-state index contributed by atoms with van der Waals surface area (Å²) < 4.78 is 5.19. The molecule has 3 aromatic rings. The number of hydrogen-bond donors (Lipinski definition) is 3. The number of benzene rings is 3. The summed E-state index contributed by atoms with van der Waals surface area (Å²) in [5.41, 5.74) is 1.69. The van der Waals surface area contributed by atoms with Crippen molar-refractivity contribution in [2.45, 2.75) is 89.9 Å². The van der Waals surface area contributed by atoms with E-state index in [1.807, 2.05) is 74.5 Å². The average Bonchev–Trinajstić information content (AvgIpc) is 3.29. The van der Waals surface area contributed by atoms with Gasteiger partial charge in [0, 0.05) is 17.9 Å². The van der Waals surface area contributed by atoms with E-state index in [2.05, 4.69) is 16.0 Å². The minimum atomic E-state index is -1.07. The van der Waals surface area contributed by atoms with Gasteiger partial charge in [0.05, 0.1) is 19.1 Å². The van der Waals surface area contributed by atoms with Crippen molar-refractivity contribution in [1.82, 2.24) is 15.1 Å². The second-order valence-electron chi connectivity index (χ2n) is 13.4. The number of esters is 1. The predicted molar refractivity (Wildman–Crippen MR) is 191 cm³/mol. The van der Waals surface area contributed by atoms with Crippen molar-refractivity contribution in [3.63, 3.8) is 0 Å². The van der Waals surface area contributed by atoms with Crippen LogP contribution in [-0.4, -0.2) is 57.8 Å². The Morgan fingerprint density at radius 2 is 1.42 bits per heavy atom. The lowest BCUT2D eigenvalue weighted by Gasteiger charge is -2.38. The fourth-order valence-electron chi connectivity index (χ4n) is 6.91. The second-order valence-corrected chi connectivity index (χ2v) is 13.4. The summed E-state index contributed by atoms with van der Waals surface area (Å²) in [6, 6.07) is 22.8. The number of anilines is 2. The van der Waals surface area contributed by atoms with Gasteiger partial charge in [-0.2, -0.15) is 0 Å². The summed E-state index contributed by atoms with van der Waals surface area (Å²) in [4.78, 5) is 71.0. The Morgan fingerprint density at radius 3 is 2.02 bits per heavy atom. The molecular weight excluding hydrogens is 634 g/mol. The van der Waals surface area contributed by atoms with Crippen molar-refractivity contribution >= 4 is 41.2 Å². The number of carbonyl (C=O) groups is 5. The summed E-state index contributed by atoms with van der Waals surface area (Å²) >= 11 is 0. The first-order valence-corrected chi connectivity index (χ1v) is 17.5. The van der Waals surface area contributed by atoms with Crippen LogP contribution in [0.25, 0.3) is 0 Å². The molecule has 264 valence electrons. The first kappa shape index (κ1) is 36.1. The fourth-order valence-corrected chi connectivity index (χ4v) is 6.91. The maximum absolute atomic E-state index is 14.5.